The highest BCUT2D eigenvalue weighted by atomic mass is 35.5. The largest absolute Gasteiger partial charge is 0.461 e. The van der Waals surface area contributed by atoms with E-state index in [-0.39, 0.29) is 0 Å². The molecule has 23 heavy (non-hydrogen) atoms. The number of pyridine rings is 1. The first-order chi connectivity index (χ1) is 11.1. The number of carbonyl (C=O) groups excluding carboxylic acids is 1. The van der Waals surface area contributed by atoms with Gasteiger partial charge in [-0.1, -0.05) is 35.3 Å². The van der Waals surface area contributed by atoms with Crippen LogP contribution in [-0.2, 0) is 11.3 Å². The molecule has 3 rings (SSSR count). The Hall–Kier alpha value is -2.04. The van der Waals surface area contributed by atoms with Crippen molar-refractivity contribution in [2.24, 2.45) is 0 Å². The number of rotatable bonds is 4. The van der Waals surface area contributed by atoms with E-state index in [4.69, 9.17) is 27.9 Å². The summed E-state index contributed by atoms with van der Waals surface area (Å²) in [6, 6.07) is 9.21. The van der Waals surface area contributed by atoms with Crippen LogP contribution in [0.2, 0.25) is 10.0 Å². The average molecular weight is 349 g/mol. The van der Waals surface area contributed by atoms with Crippen LogP contribution in [0.1, 0.15) is 23.0 Å². The molecule has 2 aromatic heterocycles. The SMILES string of the molecule is CCOC(=O)c1cc2ccn(Cc3cccc(Cl)c3Cl)c2cn1. The number of nitrogens with zero attached hydrogens (tertiary/aromatic N) is 2. The van der Waals surface area contributed by atoms with Gasteiger partial charge in [0.25, 0.3) is 0 Å². The van der Waals surface area contributed by atoms with Crippen molar-refractivity contribution < 1.29 is 9.53 Å². The van der Waals surface area contributed by atoms with Gasteiger partial charge in [-0.25, -0.2) is 9.78 Å². The van der Waals surface area contributed by atoms with Crippen LogP contribution in [0.4, 0.5) is 0 Å². The van der Waals surface area contributed by atoms with E-state index >= 15 is 0 Å². The zero-order chi connectivity index (χ0) is 16.4. The number of esters is 1. The maximum atomic E-state index is 11.7. The zero-order valence-electron chi connectivity index (χ0n) is 12.4. The van der Waals surface area contributed by atoms with E-state index in [2.05, 4.69) is 4.98 Å². The van der Waals surface area contributed by atoms with Crippen molar-refractivity contribution in [1.82, 2.24) is 9.55 Å². The van der Waals surface area contributed by atoms with E-state index in [1.54, 1.807) is 25.3 Å². The average Bonchev–Trinajstić information content (AvgIpc) is 2.94. The molecule has 0 unspecified atom stereocenters. The molecule has 0 aliphatic rings. The summed E-state index contributed by atoms with van der Waals surface area (Å²) in [5.74, 6) is -0.417. The van der Waals surface area contributed by atoms with Crippen LogP contribution >= 0.6 is 23.2 Å². The molecule has 4 nitrogen and oxygen atoms in total. The minimum Gasteiger partial charge on any atom is -0.461 e. The number of hydrogen-bond acceptors (Lipinski definition) is 3. The van der Waals surface area contributed by atoms with Gasteiger partial charge in [0.05, 0.1) is 28.4 Å². The lowest BCUT2D eigenvalue weighted by Crippen LogP contribution is -2.07. The molecule has 1 aromatic carbocycles. The van der Waals surface area contributed by atoms with Gasteiger partial charge < -0.3 is 9.30 Å². The number of aromatic nitrogens is 2. The summed E-state index contributed by atoms with van der Waals surface area (Å²) >= 11 is 12.3. The number of benzene rings is 1. The lowest BCUT2D eigenvalue weighted by Gasteiger charge is -2.09. The molecule has 0 N–H and O–H groups in total. The molecule has 0 amide bonds. The highest BCUT2D eigenvalue weighted by molar-refractivity contribution is 6.42. The molecule has 2 heterocycles. The molecule has 6 heteroatoms. The molecule has 0 spiro atoms. The predicted octanol–water partition coefficient (Wildman–Crippen LogP) is 4.57. The van der Waals surface area contributed by atoms with Crippen molar-refractivity contribution in [2.75, 3.05) is 6.61 Å². The second kappa shape index (κ2) is 6.60. The standard InChI is InChI=1S/C17H14Cl2N2O2/c1-2-23-17(22)14-8-11-6-7-21(15(11)9-20-14)10-12-4-3-5-13(18)16(12)19/h3-9H,2,10H2,1H3. The summed E-state index contributed by atoms with van der Waals surface area (Å²) in [6.45, 7) is 2.66. The van der Waals surface area contributed by atoms with Gasteiger partial charge in [-0.15, -0.1) is 0 Å². The summed E-state index contributed by atoms with van der Waals surface area (Å²) < 4.78 is 6.98. The fourth-order valence-electron chi connectivity index (χ4n) is 2.40. The molecular weight excluding hydrogens is 335 g/mol. The third kappa shape index (κ3) is 3.19. The first-order valence-corrected chi connectivity index (χ1v) is 7.90. The lowest BCUT2D eigenvalue weighted by molar-refractivity contribution is 0.0519. The predicted molar refractivity (Wildman–Crippen MR) is 91.3 cm³/mol. The first-order valence-electron chi connectivity index (χ1n) is 7.15. The highest BCUT2D eigenvalue weighted by Gasteiger charge is 2.12. The van der Waals surface area contributed by atoms with Crippen LogP contribution in [-0.4, -0.2) is 22.1 Å². The van der Waals surface area contributed by atoms with E-state index in [0.29, 0.717) is 28.9 Å². The quantitative estimate of drug-likeness (QED) is 0.648. The van der Waals surface area contributed by atoms with Crippen LogP contribution in [0.25, 0.3) is 10.9 Å². The van der Waals surface area contributed by atoms with E-state index in [0.717, 1.165) is 16.5 Å². The molecule has 3 aromatic rings. The maximum absolute atomic E-state index is 11.7. The van der Waals surface area contributed by atoms with Crippen LogP contribution < -0.4 is 0 Å². The Morgan fingerprint density at radius 2 is 2.13 bits per heavy atom. The monoisotopic (exact) mass is 348 g/mol. The van der Waals surface area contributed by atoms with Crippen molar-refractivity contribution >= 4 is 40.1 Å². The molecule has 0 bridgehead atoms. The smallest absolute Gasteiger partial charge is 0.356 e. The Balaban J connectivity index is 1.94. The molecular formula is C17H14Cl2N2O2. The maximum Gasteiger partial charge on any atom is 0.356 e. The van der Waals surface area contributed by atoms with Gasteiger partial charge in [0.2, 0.25) is 0 Å². The van der Waals surface area contributed by atoms with Gasteiger partial charge >= 0.3 is 5.97 Å². The van der Waals surface area contributed by atoms with Crippen molar-refractivity contribution in [3.63, 3.8) is 0 Å². The highest BCUT2D eigenvalue weighted by Crippen LogP contribution is 2.27. The van der Waals surface area contributed by atoms with Crippen molar-refractivity contribution in [1.29, 1.82) is 0 Å². The fraction of sp³-hybridized carbons (Fsp3) is 0.176. The summed E-state index contributed by atoms with van der Waals surface area (Å²) in [5, 5.41) is 2.00. The summed E-state index contributed by atoms with van der Waals surface area (Å²) in [6.07, 6.45) is 3.60. The zero-order valence-corrected chi connectivity index (χ0v) is 13.9. The molecule has 0 fully saturated rings. The Labute approximate surface area is 143 Å². The minimum absolute atomic E-state index is 0.304. The third-order valence-electron chi connectivity index (χ3n) is 3.51. The molecule has 118 valence electrons. The normalized spacial score (nSPS) is 10.9. The minimum atomic E-state index is -0.417. The van der Waals surface area contributed by atoms with E-state index in [1.807, 2.05) is 29.0 Å². The third-order valence-corrected chi connectivity index (χ3v) is 4.37. The van der Waals surface area contributed by atoms with Gasteiger partial charge in [-0.2, -0.15) is 0 Å². The number of hydrogen-bond donors (Lipinski definition) is 0. The van der Waals surface area contributed by atoms with E-state index in [1.165, 1.54) is 0 Å². The Morgan fingerprint density at radius 1 is 1.30 bits per heavy atom. The molecule has 0 saturated carbocycles. The molecule has 0 saturated heterocycles. The van der Waals surface area contributed by atoms with Crippen LogP contribution in [0, 0.1) is 0 Å². The number of ether oxygens (including phenoxy) is 1. The van der Waals surface area contributed by atoms with E-state index in [9.17, 15) is 4.79 Å². The molecule has 0 aliphatic carbocycles. The van der Waals surface area contributed by atoms with Crippen LogP contribution in [0.5, 0.6) is 0 Å². The van der Waals surface area contributed by atoms with Gasteiger partial charge in [0, 0.05) is 18.1 Å². The number of halogens is 2. The van der Waals surface area contributed by atoms with Crippen LogP contribution in [0.15, 0.2) is 42.7 Å². The molecule has 0 radical (unpaired) electrons. The Morgan fingerprint density at radius 3 is 2.91 bits per heavy atom. The van der Waals surface area contributed by atoms with Gasteiger partial charge in [-0.3, -0.25) is 0 Å². The van der Waals surface area contributed by atoms with Crippen LogP contribution in [0.3, 0.4) is 0 Å². The Kier molecular flexibility index (Phi) is 4.55. The first kappa shape index (κ1) is 15.8. The Bertz CT molecular complexity index is 874. The van der Waals surface area contributed by atoms with Crippen molar-refractivity contribution in [3.05, 3.63) is 64.0 Å². The second-order valence-electron chi connectivity index (χ2n) is 5.01. The summed E-state index contributed by atoms with van der Waals surface area (Å²) in [7, 11) is 0. The van der Waals surface area contributed by atoms with Crippen molar-refractivity contribution in [2.45, 2.75) is 13.5 Å². The molecule has 0 atom stereocenters. The fourth-order valence-corrected chi connectivity index (χ4v) is 2.78. The summed E-state index contributed by atoms with van der Waals surface area (Å²) in [4.78, 5) is 15.9. The molecule has 0 aliphatic heterocycles. The second-order valence-corrected chi connectivity index (χ2v) is 5.79. The topological polar surface area (TPSA) is 44.1 Å². The van der Waals surface area contributed by atoms with Gasteiger partial charge in [0.1, 0.15) is 5.69 Å². The van der Waals surface area contributed by atoms with E-state index < -0.39 is 5.97 Å². The summed E-state index contributed by atoms with van der Waals surface area (Å²) in [5.41, 5.74) is 2.14. The van der Waals surface area contributed by atoms with Gasteiger partial charge in [-0.05, 0) is 30.7 Å². The van der Waals surface area contributed by atoms with Gasteiger partial charge in [0.15, 0.2) is 0 Å². The lowest BCUT2D eigenvalue weighted by atomic mass is 10.2. The number of fused-ring (bicyclic) bond motifs is 1. The van der Waals surface area contributed by atoms with Crippen molar-refractivity contribution in [3.8, 4) is 0 Å². The number of carbonyl (C=O) groups is 1.